The first-order chi connectivity index (χ1) is 21.2. The number of imidazole rings is 1. The summed E-state index contributed by atoms with van der Waals surface area (Å²) in [6, 6.07) is 3.28. The average Bonchev–Trinajstić information content (AvgIpc) is 3.43. The molecule has 0 aliphatic carbocycles. The van der Waals surface area contributed by atoms with Crippen LogP contribution in [0.15, 0.2) is 41.2 Å². The van der Waals surface area contributed by atoms with Gasteiger partial charge in [-0.25, -0.2) is 26.9 Å². The van der Waals surface area contributed by atoms with Crippen molar-refractivity contribution in [2.75, 3.05) is 5.32 Å². The summed E-state index contributed by atoms with van der Waals surface area (Å²) in [5, 5.41) is 14.6. The lowest BCUT2D eigenvalue weighted by Crippen LogP contribution is -2.27. The van der Waals surface area contributed by atoms with E-state index in [0.717, 1.165) is 24.3 Å². The Morgan fingerprint density at radius 1 is 1.00 bits per heavy atom. The molecule has 9 nitrogen and oxygen atoms in total. The van der Waals surface area contributed by atoms with Gasteiger partial charge in [-0.1, -0.05) is 11.6 Å². The zero-order valence-corrected chi connectivity index (χ0v) is 22.5. The Morgan fingerprint density at radius 2 is 1.73 bits per heavy atom. The highest BCUT2D eigenvalue weighted by Gasteiger charge is 2.40. The van der Waals surface area contributed by atoms with Crippen LogP contribution in [0.3, 0.4) is 0 Å². The highest BCUT2D eigenvalue weighted by molar-refractivity contribution is 6.31. The molecular formula is C26H13ClF9N7O2. The lowest BCUT2D eigenvalue weighted by atomic mass is 9.95. The molecule has 3 aromatic carbocycles. The monoisotopic (exact) mass is 661 g/mol. The van der Waals surface area contributed by atoms with Gasteiger partial charge in [0.25, 0.3) is 12.3 Å². The summed E-state index contributed by atoms with van der Waals surface area (Å²) in [5.41, 5.74) is -6.74. The first-order valence-electron chi connectivity index (χ1n) is 12.5. The summed E-state index contributed by atoms with van der Waals surface area (Å²) in [6.07, 6.45) is -8.32. The summed E-state index contributed by atoms with van der Waals surface area (Å²) in [6.45, 7) is -5.00. The van der Waals surface area contributed by atoms with Gasteiger partial charge in [0.2, 0.25) is 0 Å². The van der Waals surface area contributed by atoms with Crippen molar-refractivity contribution in [3.8, 4) is 0 Å². The summed E-state index contributed by atoms with van der Waals surface area (Å²) in [4.78, 5) is 26.3. The number of anilines is 2. The minimum absolute atomic E-state index is 0.111. The molecule has 2 N–H and O–H groups in total. The van der Waals surface area contributed by atoms with Crippen molar-refractivity contribution >= 4 is 50.9 Å². The second-order valence-corrected chi connectivity index (χ2v) is 10.1. The molecule has 45 heavy (non-hydrogen) atoms. The van der Waals surface area contributed by atoms with E-state index in [9.17, 15) is 49.1 Å². The third kappa shape index (κ3) is 4.98. The van der Waals surface area contributed by atoms with Gasteiger partial charge in [0, 0.05) is 21.8 Å². The van der Waals surface area contributed by atoms with E-state index in [1.165, 1.54) is 0 Å². The number of aromatic nitrogens is 5. The number of hydrogen-bond acceptors (Lipinski definition) is 6. The number of benzene rings is 3. The fraction of sp³-hybridized carbons (Fsp3) is 0.192. The van der Waals surface area contributed by atoms with E-state index in [4.69, 9.17) is 11.6 Å². The molecule has 0 fully saturated rings. The molecule has 0 unspecified atom stereocenters. The molecule has 1 amide bonds. The summed E-state index contributed by atoms with van der Waals surface area (Å²) in [7, 11) is 0. The van der Waals surface area contributed by atoms with Crippen LogP contribution >= 0.6 is 11.6 Å². The van der Waals surface area contributed by atoms with E-state index in [0.29, 0.717) is 6.07 Å². The van der Waals surface area contributed by atoms with Gasteiger partial charge in [0.1, 0.15) is 17.2 Å². The van der Waals surface area contributed by atoms with Crippen LogP contribution in [0.4, 0.5) is 51.0 Å². The number of nitrogens with zero attached hydrogens (tertiary/aromatic N) is 5. The maximum absolute atomic E-state index is 14.4. The van der Waals surface area contributed by atoms with Crippen molar-refractivity contribution in [3.63, 3.8) is 0 Å². The Bertz CT molecular complexity index is 2100. The molecule has 0 saturated heterocycles. The number of nitrogens with one attached hydrogen (secondary N) is 2. The minimum Gasteiger partial charge on any atom is -0.341 e. The van der Waals surface area contributed by atoms with E-state index in [-0.39, 0.29) is 37.0 Å². The van der Waals surface area contributed by atoms with Gasteiger partial charge in [-0.15, -0.1) is 10.2 Å². The Labute approximate surface area is 248 Å². The van der Waals surface area contributed by atoms with E-state index in [1.807, 2.05) is 0 Å². The molecule has 0 saturated carbocycles. The summed E-state index contributed by atoms with van der Waals surface area (Å²) in [5.74, 6) is -3.88. The molecule has 5 aromatic rings. The third-order valence-electron chi connectivity index (χ3n) is 7.04. The Morgan fingerprint density at radius 3 is 2.40 bits per heavy atom. The number of rotatable bonds is 6. The number of halogens is 10. The molecule has 3 heterocycles. The number of carbonyl (C=O) groups excluding carboxylic acids is 1. The number of hydrogen-bond donors (Lipinski definition) is 2. The largest absolute Gasteiger partial charge is 0.418 e. The van der Waals surface area contributed by atoms with Crippen LogP contribution in [-0.4, -0.2) is 36.9 Å². The van der Waals surface area contributed by atoms with E-state index in [2.05, 4.69) is 26.0 Å². The highest BCUT2D eigenvalue weighted by Crippen LogP contribution is 2.45. The molecule has 2 aromatic heterocycles. The van der Waals surface area contributed by atoms with Crippen LogP contribution in [0.2, 0.25) is 5.02 Å². The predicted octanol–water partition coefficient (Wildman–Crippen LogP) is 6.33. The molecular weight excluding hydrogens is 649 g/mol. The van der Waals surface area contributed by atoms with Crippen LogP contribution in [0, 0.1) is 11.6 Å². The summed E-state index contributed by atoms with van der Waals surface area (Å²) < 4.78 is 125. The Kier molecular flexibility index (Phi) is 7.13. The van der Waals surface area contributed by atoms with Crippen molar-refractivity contribution in [3.05, 3.63) is 85.8 Å². The number of fused-ring (bicyclic) bond motifs is 4. The van der Waals surface area contributed by atoms with E-state index < -0.39 is 93.9 Å². The van der Waals surface area contributed by atoms with Gasteiger partial charge in [0.05, 0.1) is 40.1 Å². The van der Waals surface area contributed by atoms with Gasteiger partial charge in [-0.3, -0.25) is 9.36 Å². The van der Waals surface area contributed by atoms with Gasteiger partial charge in [0.15, 0.2) is 5.82 Å². The predicted molar refractivity (Wildman–Crippen MR) is 140 cm³/mol. The van der Waals surface area contributed by atoms with Crippen LogP contribution in [-0.2, 0) is 12.7 Å². The van der Waals surface area contributed by atoms with E-state index >= 15 is 0 Å². The zero-order chi connectivity index (χ0) is 32.5. The highest BCUT2D eigenvalue weighted by atomic mass is 35.5. The smallest absolute Gasteiger partial charge is 0.341 e. The zero-order valence-electron chi connectivity index (χ0n) is 21.7. The van der Waals surface area contributed by atoms with Gasteiger partial charge < -0.3 is 10.6 Å². The molecule has 19 heteroatoms. The van der Waals surface area contributed by atoms with Crippen molar-refractivity contribution < 1.29 is 44.3 Å². The standard InChI is InChI=1S/C26H13ClF9N7O2/c27-13-2-1-8(28)3-10(13)20-17-14(37-22-11-4-9(29)5-12(26(34,35)36)19(11)39-41-40-22)6-15-21(18(17)23(44)38-20)43(24(32)33)25(45)42(15)7-16(30)31/h1-6,16,20,24H,7H2,(H,38,44)(H,37,39,40)/t20-/m1/s1. The normalized spacial score (nSPS) is 15.0. The van der Waals surface area contributed by atoms with Crippen molar-refractivity contribution in [2.45, 2.75) is 31.7 Å². The Balaban J connectivity index is 1.70. The van der Waals surface area contributed by atoms with Crippen LogP contribution in [0.1, 0.15) is 39.6 Å². The number of alkyl halides is 7. The van der Waals surface area contributed by atoms with Crippen LogP contribution in [0.25, 0.3) is 21.9 Å². The minimum atomic E-state index is -5.09. The molecule has 0 radical (unpaired) electrons. The molecule has 1 atom stereocenters. The molecule has 234 valence electrons. The molecule has 6 rings (SSSR count). The van der Waals surface area contributed by atoms with E-state index in [1.54, 1.807) is 0 Å². The van der Waals surface area contributed by atoms with Gasteiger partial charge in [-0.05, 0) is 41.6 Å². The second-order valence-electron chi connectivity index (χ2n) is 9.70. The van der Waals surface area contributed by atoms with Crippen molar-refractivity contribution in [1.82, 2.24) is 29.9 Å². The second kappa shape index (κ2) is 10.6. The topological polar surface area (TPSA) is 107 Å². The molecule has 1 aliphatic heterocycles. The SMILES string of the molecule is O=C1N[C@H](c2cc(F)ccc2Cl)c2c(Nc3nnnc4c(C(F)(F)F)cc(F)cc34)cc3c(c21)n(C(F)F)c(=O)n3CC(F)F. The average molecular weight is 662 g/mol. The van der Waals surface area contributed by atoms with Crippen molar-refractivity contribution in [2.24, 2.45) is 0 Å². The fourth-order valence-electron chi connectivity index (χ4n) is 5.31. The Hall–Kier alpha value is -4.87. The van der Waals surface area contributed by atoms with Crippen LogP contribution < -0.4 is 16.3 Å². The summed E-state index contributed by atoms with van der Waals surface area (Å²) >= 11 is 6.27. The maximum Gasteiger partial charge on any atom is 0.418 e. The van der Waals surface area contributed by atoms with Crippen molar-refractivity contribution in [1.29, 1.82) is 0 Å². The number of amides is 1. The lowest BCUT2D eigenvalue weighted by molar-refractivity contribution is -0.136. The van der Waals surface area contributed by atoms with Crippen LogP contribution in [0.5, 0.6) is 0 Å². The van der Waals surface area contributed by atoms with Gasteiger partial charge in [-0.2, -0.15) is 22.0 Å². The molecule has 1 aliphatic rings. The quantitative estimate of drug-likeness (QED) is 0.206. The fourth-order valence-corrected chi connectivity index (χ4v) is 5.54. The first kappa shape index (κ1) is 30.2. The third-order valence-corrected chi connectivity index (χ3v) is 7.39. The number of carbonyl (C=O) groups is 1. The van der Waals surface area contributed by atoms with Gasteiger partial charge >= 0.3 is 18.4 Å². The lowest BCUT2D eigenvalue weighted by Gasteiger charge is -2.19. The molecule has 0 bridgehead atoms. The first-order valence-corrected chi connectivity index (χ1v) is 12.9. The molecule has 0 spiro atoms. The maximum atomic E-state index is 14.4.